The van der Waals surface area contributed by atoms with Crippen molar-refractivity contribution in [1.29, 1.82) is 0 Å². The molecule has 0 amide bonds. The molecule has 1 saturated carbocycles. The van der Waals surface area contributed by atoms with Gasteiger partial charge in [0, 0.05) is 0 Å². The van der Waals surface area contributed by atoms with Gasteiger partial charge in [-0.2, -0.15) is 0 Å². The summed E-state index contributed by atoms with van der Waals surface area (Å²) in [5, 5.41) is 0. The van der Waals surface area contributed by atoms with Crippen molar-refractivity contribution in [1.82, 2.24) is 0 Å². The Hall–Kier alpha value is 0. The number of hydrogen-bond donors (Lipinski definition) is 0. The lowest BCUT2D eigenvalue weighted by Crippen LogP contribution is -2.45. The van der Waals surface area contributed by atoms with Crippen molar-refractivity contribution in [2.75, 3.05) is 0 Å². The Morgan fingerprint density at radius 1 is 0.500 bits per heavy atom. The highest BCUT2D eigenvalue weighted by molar-refractivity contribution is 4.93. The van der Waals surface area contributed by atoms with Gasteiger partial charge in [0.1, 0.15) is 0 Å². The van der Waals surface area contributed by atoms with Gasteiger partial charge in [0.15, 0.2) is 0 Å². The van der Waals surface area contributed by atoms with Gasteiger partial charge in [-0.15, -0.1) is 0 Å². The molecule has 0 bridgehead atoms. The topological polar surface area (TPSA) is 0 Å². The first-order valence-corrected chi connectivity index (χ1v) is 5.79. The fourth-order valence-electron chi connectivity index (χ4n) is 3.55. The van der Waals surface area contributed by atoms with E-state index < -0.39 is 0 Å². The van der Waals surface area contributed by atoms with Crippen LogP contribution in [0.3, 0.4) is 0 Å². The summed E-state index contributed by atoms with van der Waals surface area (Å²) in [4.78, 5) is 0. The van der Waals surface area contributed by atoms with E-state index in [1.807, 2.05) is 0 Å². The lowest BCUT2D eigenvalue weighted by Gasteiger charge is -2.52. The van der Waals surface area contributed by atoms with E-state index in [1.165, 1.54) is 25.7 Å². The van der Waals surface area contributed by atoms with Crippen LogP contribution in [0.2, 0.25) is 0 Å². The van der Waals surface area contributed by atoms with Crippen LogP contribution in [0.15, 0.2) is 0 Å². The molecule has 0 aromatic heterocycles. The Morgan fingerprint density at radius 2 is 0.667 bits per heavy atom. The Morgan fingerprint density at radius 3 is 0.750 bits per heavy atom. The predicted molar refractivity (Wildman–Crippen MR) is 55.1 cm³/mol. The van der Waals surface area contributed by atoms with E-state index in [0.717, 1.165) is 23.7 Å². The molecule has 1 rings (SSSR count). The Balaban J connectivity index is 2.52. The number of rotatable bonds is 4. The second-order valence-electron chi connectivity index (χ2n) is 4.29. The monoisotopic (exact) mass is 168 g/mol. The minimum Gasteiger partial charge on any atom is -0.0651 e. The van der Waals surface area contributed by atoms with Gasteiger partial charge >= 0.3 is 0 Å². The molecule has 0 nitrogen and oxygen atoms in total. The molecule has 0 saturated heterocycles. The molecular formula is C12H24. The van der Waals surface area contributed by atoms with E-state index in [2.05, 4.69) is 27.7 Å². The lowest BCUT2D eigenvalue weighted by molar-refractivity contribution is -0.0323. The highest BCUT2D eigenvalue weighted by atomic mass is 14.5. The molecule has 0 unspecified atom stereocenters. The van der Waals surface area contributed by atoms with Crippen LogP contribution in [0.1, 0.15) is 53.4 Å². The minimum atomic E-state index is 1.06. The molecule has 0 spiro atoms. The molecule has 0 heteroatoms. The largest absolute Gasteiger partial charge is 0.0651 e. The van der Waals surface area contributed by atoms with E-state index in [1.54, 1.807) is 0 Å². The van der Waals surface area contributed by atoms with Crippen molar-refractivity contribution in [2.45, 2.75) is 53.4 Å². The summed E-state index contributed by atoms with van der Waals surface area (Å²) in [6.45, 7) is 9.45. The summed E-state index contributed by atoms with van der Waals surface area (Å²) < 4.78 is 0. The fraction of sp³-hybridized carbons (Fsp3) is 1.00. The summed E-state index contributed by atoms with van der Waals surface area (Å²) in [6.07, 6.45) is 5.64. The first kappa shape index (κ1) is 10.1. The van der Waals surface area contributed by atoms with Crippen molar-refractivity contribution >= 4 is 0 Å². The van der Waals surface area contributed by atoms with Gasteiger partial charge in [-0.1, -0.05) is 53.4 Å². The molecule has 1 aliphatic rings. The van der Waals surface area contributed by atoms with E-state index >= 15 is 0 Å². The van der Waals surface area contributed by atoms with Gasteiger partial charge in [-0.3, -0.25) is 0 Å². The van der Waals surface area contributed by atoms with Gasteiger partial charge in [-0.05, 0) is 23.7 Å². The number of hydrogen-bond acceptors (Lipinski definition) is 0. The Bertz CT molecular complexity index is 88.0. The summed E-state index contributed by atoms with van der Waals surface area (Å²) >= 11 is 0. The minimum absolute atomic E-state index is 1.06. The second-order valence-corrected chi connectivity index (χ2v) is 4.29. The molecule has 12 heavy (non-hydrogen) atoms. The van der Waals surface area contributed by atoms with E-state index in [0.29, 0.717) is 0 Å². The van der Waals surface area contributed by atoms with Crippen molar-refractivity contribution in [3.05, 3.63) is 0 Å². The average Bonchev–Trinajstić information content (AvgIpc) is 2.05. The average molecular weight is 168 g/mol. The van der Waals surface area contributed by atoms with Crippen molar-refractivity contribution < 1.29 is 0 Å². The first-order chi connectivity index (χ1) is 5.79. The normalized spacial score (nSPS) is 41.0. The maximum Gasteiger partial charge on any atom is -0.0355 e. The second kappa shape index (κ2) is 4.30. The molecule has 0 aromatic rings. The van der Waals surface area contributed by atoms with Gasteiger partial charge in [0.2, 0.25) is 0 Å². The van der Waals surface area contributed by atoms with Crippen LogP contribution in [0.4, 0.5) is 0 Å². The third-order valence-corrected chi connectivity index (χ3v) is 4.09. The fourth-order valence-corrected chi connectivity index (χ4v) is 3.55. The highest BCUT2D eigenvalue weighted by Crippen LogP contribution is 2.52. The molecule has 0 radical (unpaired) electrons. The van der Waals surface area contributed by atoms with Crippen molar-refractivity contribution in [3.8, 4) is 0 Å². The summed E-state index contributed by atoms with van der Waals surface area (Å²) in [7, 11) is 0. The molecule has 0 N–H and O–H groups in total. The van der Waals surface area contributed by atoms with Crippen LogP contribution < -0.4 is 0 Å². The third-order valence-electron chi connectivity index (χ3n) is 4.09. The standard InChI is InChI=1S/C12H24/c1-5-9-10(6-2)12(8-4)11(9)7-3/h9-12H,5-8H2,1-4H3. The van der Waals surface area contributed by atoms with Crippen LogP contribution in [0, 0.1) is 23.7 Å². The maximum atomic E-state index is 2.36. The van der Waals surface area contributed by atoms with E-state index in [9.17, 15) is 0 Å². The summed E-state index contributed by atoms with van der Waals surface area (Å²) in [5.41, 5.74) is 0. The maximum absolute atomic E-state index is 2.36. The zero-order chi connectivity index (χ0) is 9.14. The predicted octanol–water partition coefficient (Wildman–Crippen LogP) is 4.10. The third kappa shape index (κ3) is 1.41. The molecule has 0 aromatic carbocycles. The zero-order valence-electron chi connectivity index (χ0n) is 9.14. The SMILES string of the molecule is CCC1C(CC)C(CC)C1CC. The van der Waals surface area contributed by atoms with Gasteiger partial charge in [0.05, 0.1) is 0 Å². The van der Waals surface area contributed by atoms with Crippen LogP contribution in [-0.2, 0) is 0 Å². The van der Waals surface area contributed by atoms with Gasteiger partial charge in [0.25, 0.3) is 0 Å². The van der Waals surface area contributed by atoms with E-state index in [-0.39, 0.29) is 0 Å². The Labute approximate surface area is 77.7 Å². The summed E-state index contributed by atoms with van der Waals surface area (Å²) in [5.74, 6) is 4.24. The van der Waals surface area contributed by atoms with Crippen LogP contribution in [-0.4, -0.2) is 0 Å². The molecule has 0 heterocycles. The van der Waals surface area contributed by atoms with Gasteiger partial charge < -0.3 is 0 Å². The lowest BCUT2D eigenvalue weighted by atomic mass is 9.53. The molecule has 1 aliphatic carbocycles. The van der Waals surface area contributed by atoms with Crippen LogP contribution in [0.25, 0.3) is 0 Å². The van der Waals surface area contributed by atoms with Crippen LogP contribution >= 0.6 is 0 Å². The summed E-state index contributed by atoms with van der Waals surface area (Å²) in [6, 6.07) is 0. The zero-order valence-corrected chi connectivity index (χ0v) is 9.14. The molecule has 72 valence electrons. The van der Waals surface area contributed by atoms with E-state index in [4.69, 9.17) is 0 Å². The molecule has 0 aliphatic heterocycles. The van der Waals surface area contributed by atoms with Crippen LogP contribution in [0.5, 0.6) is 0 Å². The molecular weight excluding hydrogens is 144 g/mol. The highest BCUT2D eigenvalue weighted by Gasteiger charge is 2.45. The Kier molecular flexibility index (Phi) is 3.61. The molecule has 1 fully saturated rings. The van der Waals surface area contributed by atoms with Gasteiger partial charge in [-0.25, -0.2) is 0 Å². The smallest absolute Gasteiger partial charge is 0.0355 e. The first-order valence-electron chi connectivity index (χ1n) is 5.79. The van der Waals surface area contributed by atoms with Crippen molar-refractivity contribution in [3.63, 3.8) is 0 Å². The van der Waals surface area contributed by atoms with Crippen molar-refractivity contribution in [2.24, 2.45) is 23.7 Å². The molecule has 0 atom stereocenters. The quantitative estimate of drug-likeness (QED) is 0.592.